The summed E-state index contributed by atoms with van der Waals surface area (Å²) in [4.78, 5) is 18.2. The molecule has 0 spiro atoms. The number of aryl methyl sites for hydroxylation is 1. The maximum atomic E-state index is 14.6. The van der Waals surface area contributed by atoms with Gasteiger partial charge in [0, 0.05) is 23.1 Å². The van der Waals surface area contributed by atoms with E-state index in [4.69, 9.17) is 9.47 Å². The Hall–Kier alpha value is -4.00. The number of aromatic hydroxyl groups is 1. The van der Waals surface area contributed by atoms with E-state index >= 15 is 0 Å². The van der Waals surface area contributed by atoms with Gasteiger partial charge in [-0.05, 0) is 66.9 Å². The van der Waals surface area contributed by atoms with Gasteiger partial charge < -0.3 is 19.6 Å². The van der Waals surface area contributed by atoms with Crippen LogP contribution < -0.4 is 9.47 Å². The molecule has 7 heteroatoms. The number of fused-ring (bicyclic) bond motifs is 3. The van der Waals surface area contributed by atoms with E-state index in [1.165, 1.54) is 13.2 Å². The summed E-state index contributed by atoms with van der Waals surface area (Å²) in [6, 6.07) is 16.4. The third-order valence-electron chi connectivity index (χ3n) is 6.06. The smallest absolute Gasteiger partial charge is 0.416 e. The summed E-state index contributed by atoms with van der Waals surface area (Å²) in [5, 5.41) is 10.9. The van der Waals surface area contributed by atoms with Crippen molar-refractivity contribution in [1.82, 2.24) is 9.88 Å². The predicted octanol–water partition coefficient (Wildman–Crippen LogP) is 5.48. The number of aromatic amines is 1. The average Bonchev–Trinajstić information content (AvgIpc) is 3.17. The van der Waals surface area contributed by atoms with E-state index in [9.17, 15) is 14.3 Å². The molecule has 0 radical (unpaired) electrons. The maximum absolute atomic E-state index is 14.6. The molecule has 0 saturated carbocycles. The van der Waals surface area contributed by atoms with Gasteiger partial charge in [0.15, 0.2) is 11.6 Å². The number of nitrogens with zero attached hydrogens (tertiary/aromatic N) is 1. The fourth-order valence-corrected chi connectivity index (χ4v) is 4.44. The van der Waals surface area contributed by atoms with Gasteiger partial charge in [-0.1, -0.05) is 23.8 Å². The monoisotopic (exact) mass is 446 g/mol. The topological polar surface area (TPSA) is 74.8 Å². The fraction of sp³-hybridized carbons (Fsp3) is 0.192. The van der Waals surface area contributed by atoms with Crippen molar-refractivity contribution in [3.8, 4) is 17.2 Å². The van der Waals surface area contributed by atoms with Gasteiger partial charge >= 0.3 is 6.09 Å². The van der Waals surface area contributed by atoms with E-state index in [0.29, 0.717) is 24.3 Å². The number of nitrogens with one attached hydrogen (secondary N) is 1. The molecule has 3 aromatic carbocycles. The van der Waals surface area contributed by atoms with Crippen LogP contribution in [0.1, 0.15) is 28.4 Å². The van der Waals surface area contributed by atoms with Crippen molar-refractivity contribution in [2.75, 3.05) is 13.7 Å². The number of aromatic nitrogens is 1. The van der Waals surface area contributed by atoms with Crippen LogP contribution in [0.5, 0.6) is 17.2 Å². The lowest BCUT2D eigenvalue weighted by Gasteiger charge is -2.35. The molecule has 1 amide bonds. The predicted molar refractivity (Wildman–Crippen MR) is 122 cm³/mol. The number of rotatable bonds is 3. The number of methoxy groups -OCH3 is 1. The Bertz CT molecular complexity index is 1350. The molecule has 5 rings (SSSR count). The molecule has 2 N–H and O–H groups in total. The Kier molecular flexibility index (Phi) is 5.17. The fourth-order valence-electron chi connectivity index (χ4n) is 4.44. The van der Waals surface area contributed by atoms with Gasteiger partial charge in [0.2, 0.25) is 0 Å². The molecular weight excluding hydrogens is 423 g/mol. The summed E-state index contributed by atoms with van der Waals surface area (Å²) in [7, 11) is 1.41. The molecule has 2 heterocycles. The zero-order chi connectivity index (χ0) is 23.1. The van der Waals surface area contributed by atoms with Crippen molar-refractivity contribution in [2.24, 2.45) is 0 Å². The van der Waals surface area contributed by atoms with Crippen molar-refractivity contribution in [2.45, 2.75) is 19.4 Å². The third-order valence-corrected chi connectivity index (χ3v) is 6.06. The molecule has 33 heavy (non-hydrogen) atoms. The second-order valence-electron chi connectivity index (χ2n) is 8.17. The quantitative estimate of drug-likeness (QED) is 0.437. The first kappa shape index (κ1) is 20.9. The number of ether oxygens (including phenoxy) is 2. The molecule has 0 saturated heterocycles. The number of phenols is 1. The third kappa shape index (κ3) is 3.75. The van der Waals surface area contributed by atoms with Crippen molar-refractivity contribution in [3.05, 3.63) is 88.9 Å². The van der Waals surface area contributed by atoms with Crippen LogP contribution in [0, 0.1) is 12.7 Å². The lowest BCUT2D eigenvalue weighted by Crippen LogP contribution is -2.42. The molecule has 0 bridgehead atoms. The summed E-state index contributed by atoms with van der Waals surface area (Å²) in [6.07, 6.45) is 0.0453. The summed E-state index contributed by atoms with van der Waals surface area (Å²) >= 11 is 0. The average molecular weight is 446 g/mol. The molecule has 1 atom stereocenters. The molecule has 1 unspecified atom stereocenters. The van der Waals surface area contributed by atoms with Crippen LogP contribution in [0.25, 0.3) is 10.9 Å². The lowest BCUT2D eigenvalue weighted by atomic mass is 9.92. The second kappa shape index (κ2) is 8.16. The minimum absolute atomic E-state index is 0.130. The molecule has 1 aliphatic rings. The van der Waals surface area contributed by atoms with Gasteiger partial charge in [0.25, 0.3) is 0 Å². The van der Waals surface area contributed by atoms with E-state index in [0.717, 1.165) is 27.7 Å². The highest BCUT2D eigenvalue weighted by molar-refractivity contribution is 5.87. The number of carbonyl (C=O) groups is 1. The van der Waals surface area contributed by atoms with E-state index in [2.05, 4.69) is 4.98 Å². The molecule has 4 aromatic rings. The SMILES string of the molecule is COc1ccc(C2c3[nH]c4ccc(O)cc4c3CCN2C(=O)Oc2ccc(C)cc2)cc1F. The van der Waals surface area contributed by atoms with Gasteiger partial charge in [-0.3, -0.25) is 4.90 Å². The van der Waals surface area contributed by atoms with E-state index < -0.39 is 18.0 Å². The van der Waals surface area contributed by atoms with Gasteiger partial charge in [-0.2, -0.15) is 0 Å². The highest BCUT2D eigenvalue weighted by atomic mass is 19.1. The van der Waals surface area contributed by atoms with Gasteiger partial charge in [0.05, 0.1) is 7.11 Å². The highest BCUT2D eigenvalue weighted by Gasteiger charge is 2.36. The summed E-state index contributed by atoms with van der Waals surface area (Å²) in [5.74, 6) is 0.225. The Morgan fingerprint density at radius 1 is 1.12 bits per heavy atom. The maximum Gasteiger partial charge on any atom is 0.416 e. The van der Waals surface area contributed by atoms with Gasteiger partial charge in [0.1, 0.15) is 17.5 Å². The van der Waals surface area contributed by atoms with Crippen LogP contribution in [-0.2, 0) is 6.42 Å². The van der Waals surface area contributed by atoms with Gasteiger partial charge in [-0.15, -0.1) is 0 Å². The van der Waals surface area contributed by atoms with E-state index in [-0.39, 0.29) is 11.5 Å². The normalized spacial score (nSPS) is 15.4. The molecule has 168 valence electrons. The Morgan fingerprint density at radius 3 is 2.64 bits per heavy atom. The highest BCUT2D eigenvalue weighted by Crippen LogP contribution is 2.40. The minimum Gasteiger partial charge on any atom is -0.508 e. The van der Waals surface area contributed by atoms with Crippen LogP contribution >= 0.6 is 0 Å². The van der Waals surface area contributed by atoms with Crippen molar-refractivity contribution in [3.63, 3.8) is 0 Å². The minimum atomic E-state index is -0.596. The summed E-state index contributed by atoms with van der Waals surface area (Å²) in [6.45, 7) is 2.33. The number of hydrogen-bond acceptors (Lipinski definition) is 4. The Balaban J connectivity index is 1.60. The first-order valence-corrected chi connectivity index (χ1v) is 10.7. The van der Waals surface area contributed by atoms with E-state index in [1.54, 1.807) is 47.4 Å². The van der Waals surface area contributed by atoms with Crippen LogP contribution in [0.15, 0.2) is 60.7 Å². The van der Waals surface area contributed by atoms with Crippen molar-refractivity contribution in [1.29, 1.82) is 0 Å². The van der Waals surface area contributed by atoms with Crippen LogP contribution in [0.4, 0.5) is 9.18 Å². The number of amides is 1. The van der Waals surface area contributed by atoms with Crippen molar-refractivity contribution < 1.29 is 23.8 Å². The zero-order valence-electron chi connectivity index (χ0n) is 18.3. The number of phenolic OH excluding ortho intramolecular Hbond substituents is 1. The molecule has 0 fully saturated rings. The number of halogens is 1. The second-order valence-corrected chi connectivity index (χ2v) is 8.17. The lowest BCUT2D eigenvalue weighted by molar-refractivity contribution is 0.135. The van der Waals surface area contributed by atoms with E-state index in [1.807, 2.05) is 19.1 Å². The number of hydrogen-bond donors (Lipinski definition) is 2. The molecular formula is C26H23FN2O4. The van der Waals surface area contributed by atoms with Crippen LogP contribution in [-0.4, -0.2) is 34.7 Å². The number of H-pyrrole nitrogens is 1. The van der Waals surface area contributed by atoms with Crippen LogP contribution in [0.2, 0.25) is 0 Å². The molecule has 6 nitrogen and oxygen atoms in total. The standard InChI is InChI=1S/C26H23FN2O4/c1-15-3-7-18(8-4-15)33-26(31)29-12-11-19-20-14-17(30)6-9-22(20)28-24(19)25(29)16-5-10-23(32-2)21(27)13-16/h3-10,13-14,25,28,30H,11-12H2,1-2H3. The number of carbonyl (C=O) groups excluding carboxylic acids is 1. The van der Waals surface area contributed by atoms with Crippen LogP contribution in [0.3, 0.4) is 0 Å². The number of benzene rings is 3. The molecule has 0 aliphatic carbocycles. The summed E-state index contributed by atoms with van der Waals surface area (Å²) < 4.78 is 25.4. The zero-order valence-corrected chi connectivity index (χ0v) is 18.3. The Morgan fingerprint density at radius 2 is 1.91 bits per heavy atom. The molecule has 1 aliphatic heterocycles. The first-order valence-electron chi connectivity index (χ1n) is 10.7. The van der Waals surface area contributed by atoms with Crippen molar-refractivity contribution >= 4 is 17.0 Å². The first-order chi connectivity index (χ1) is 15.9. The largest absolute Gasteiger partial charge is 0.508 e. The molecule has 1 aromatic heterocycles. The summed E-state index contributed by atoms with van der Waals surface area (Å²) in [5.41, 5.74) is 4.25. The van der Waals surface area contributed by atoms with Gasteiger partial charge in [-0.25, -0.2) is 9.18 Å². The Labute approximate surface area is 190 Å².